The highest BCUT2D eigenvalue weighted by Crippen LogP contribution is 2.42. The molecule has 0 fully saturated rings. The topological polar surface area (TPSA) is 148 Å². The summed E-state index contributed by atoms with van der Waals surface area (Å²) in [5.74, 6) is -1.62. The van der Waals surface area contributed by atoms with Crippen molar-refractivity contribution in [2.45, 2.75) is 128 Å². The van der Waals surface area contributed by atoms with Crippen molar-refractivity contribution in [2.24, 2.45) is 0 Å². The van der Waals surface area contributed by atoms with Gasteiger partial charge in [-0.3, -0.25) is 23.4 Å². The number of amides is 1. The fourth-order valence-electron chi connectivity index (χ4n) is 3.91. The Bertz CT molecular complexity index is 682. The minimum absolute atomic E-state index is 0.00598. The van der Waals surface area contributed by atoms with Crippen molar-refractivity contribution in [3.63, 3.8) is 0 Å². The summed E-state index contributed by atoms with van der Waals surface area (Å²) in [6, 6.07) is 0. The fraction of sp³-hybridized carbons (Fsp3) is 0.889. The number of nitrogens with one attached hydrogen (secondary N) is 1. The minimum atomic E-state index is -4.27. The van der Waals surface area contributed by atoms with E-state index in [1.165, 1.54) is 64.2 Å². The smallest absolute Gasteiger partial charge is 0.472 e. The first-order valence-electron chi connectivity index (χ1n) is 14.7. The van der Waals surface area contributed by atoms with E-state index in [1.807, 2.05) is 0 Å². The van der Waals surface area contributed by atoms with Crippen LogP contribution in [0.25, 0.3) is 0 Å². The molecule has 39 heavy (non-hydrogen) atoms. The molecule has 0 spiro atoms. The number of unbranched alkanes of at least 4 members (excludes halogenated alkanes) is 13. The number of hydrogen-bond donors (Lipinski definition) is 3. The number of phosphoric ester groups is 1. The van der Waals surface area contributed by atoms with Gasteiger partial charge in [0, 0.05) is 32.2 Å². The molecule has 0 aromatic rings. The first kappa shape index (κ1) is 37.6. The molecule has 0 saturated carbocycles. The van der Waals surface area contributed by atoms with Gasteiger partial charge < -0.3 is 20.1 Å². The first-order chi connectivity index (χ1) is 18.8. The largest absolute Gasteiger partial charge is 0.481 e. The van der Waals surface area contributed by atoms with Gasteiger partial charge in [0.15, 0.2) is 0 Å². The van der Waals surface area contributed by atoms with E-state index < -0.39 is 13.8 Å². The number of ether oxygens (including phenoxy) is 1. The lowest BCUT2D eigenvalue weighted by atomic mass is 9.98. The summed E-state index contributed by atoms with van der Waals surface area (Å²) in [7, 11) is 1.23. The average molecular weight is 575 g/mol. The van der Waals surface area contributed by atoms with Crippen LogP contribution in [0.4, 0.5) is 0 Å². The van der Waals surface area contributed by atoms with Crippen LogP contribution in [0.1, 0.15) is 122 Å². The summed E-state index contributed by atoms with van der Waals surface area (Å²) in [4.78, 5) is 43.3. The molecule has 0 rings (SSSR count). The van der Waals surface area contributed by atoms with Crippen LogP contribution in [0.2, 0.25) is 6.32 Å². The molecule has 1 amide bonds. The van der Waals surface area contributed by atoms with Crippen molar-refractivity contribution in [3.05, 3.63) is 0 Å². The third kappa shape index (κ3) is 29.4. The fourth-order valence-corrected chi connectivity index (χ4v) is 4.67. The summed E-state index contributed by atoms with van der Waals surface area (Å²) < 4.78 is 26.5. The number of carboxylic acid groups (broad SMARTS) is 1. The van der Waals surface area contributed by atoms with Gasteiger partial charge >= 0.3 is 19.8 Å². The number of carbonyl (C=O) groups excluding carboxylic acids is 2. The van der Waals surface area contributed by atoms with E-state index in [0.717, 1.165) is 32.0 Å². The Labute approximate surface area is 236 Å². The molecule has 1 unspecified atom stereocenters. The predicted molar refractivity (Wildman–Crippen MR) is 152 cm³/mol. The molecule has 0 heterocycles. The highest BCUT2D eigenvalue weighted by molar-refractivity contribution is 7.47. The molecule has 0 aliphatic rings. The van der Waals surface area contributed by atoms with Crippen molar-refractivity contribution in [3.8, 4) is 0 Å². The molecule has 0 aliphatic heterocycles. The van der Waals surface area contributed by atoms with Gasteiger partial charge in [0.1, 0.15) is 0 Å². The second-order valence-corrected chi connectivity index (χ2v) is 11.2. The maximum Gasteiger partial charge on any atom is 0.472 e. The van der Waals surface area contributed by atoms with Crippen LogP contribution in [0, 0.1) is 0 Å². The van der Waals surface area contributed by atoms with E-state index in [0.29, 0.717) is 6.42 Å². The van der Waals surface area contributed by atoms with E-state index in [2.05, 4.69) is 5.32 Å². The number of rotatable bonds is 29. The van der Waals surface area contributed by atoms with E-state index in [9.17, 15) is 23.8 Å². The van der Waals surface area contributed by atoms with Crippen molar-refractivity contribution in [1.82, 2.24) is 5.32 Å². The molecule has 0 bridgehead atoms. The molecular formula is C27H51BNO9P. The number of esters is 1. The third-order valence-electron chi connectivity index (χ3n) is 6.11. The summed E-state index contributed by atoms with van der Waals surface area (Å²) in [5, 5.41) is 11.0. The molecule has 0 saturated heterocycles. The van der Waals surface area contributed by atoms with Crippen LogP contribution >= 0.6 is 7.82 Å². The number of hydrogen-bond acceptors (Lipinski definition) is 7. The third-order valence-corrected chi connectivity index (χ3v) is 7.13. The number of phosphoric acid groups is 1. The van der Waals surface area contributed by atoms with Gasteiger partial charge in [-0.25, -0.2) is 4.57 Å². The lowest BCUT2D eigenvalue weighted by molar-refractivity contribution is -0.144. The average Bonchev–Trinajstić information content (AvgIpc) is 2.88. The van der Waals surface area contributed by atoms with Gasteiger partial charge in [-0.15, -0.1) is 0 Å². The first-order valence-corrected chi connectivity index (χ1v) is 16.2. The lowest BCUT2D eigenvalue weighted by Crippen LogP contribution is -2.26. The maximum atomic E-state index is 11.8. The van der Waals surface area contributed by atoms with Gasteiger partial charge in [-0.05, 0) is 12.8 Å². The molecular weight excluding hydrogens is 524 g/mol. The molecule has 0 aromatic heterocycles. The molecule has 0 aromatic carbocycles. The Morgan fingerprint density at radius 1 is 0.641 bits per heavy atom. The summed E-state index contributed by atoms with van der Waals surface area (Å²) in [6.07, 6.45) is 18.7. The van der Waals surface area contributed by atoms with Gasteiger partial charge in [-0.1, -0.05) is 89.8 Å². The Morgan fingerprint density at radius 3 is 1.69 bits per heavy atom. The molecule has 0 aliphatic carbocycles. The molecule has 10 nitrogen and oxygen atoms in total. The molecule has 3 N–H and O–H groups in total. The summed E-state index contributed by atoms with van der Waals surface area (Å²) >= 11 is 0. The van der Waals surface area contributed by atoms with E-state index in [-0.39, 0.29) is 63.9 Å². The quantitative estimate of drug-likeness (QED) is 0.0431. The number of carboxylic acids is 1. The van der Waals surface area contributed by atoms with Crippen molar-refractivity contribution >= 4 is 33.5 Å². The molecule has 2 radical (unpaired) electrons. The normalized spacial score (nSPS) is 12.6. The monoisotopic (exact) mass is 575 g/mol. The zero-order chi connectivity index (χ0) is 29.0. The van der Waals surface area contributed by atoms with E-state index in [4.69, 9.17) is 26.7 Å². The van der Waals surface area contributed by atoms with E-state index >= 15 is 0 Å². The Hall–Kier alpha value is -1.42. The maximum absolute atomic E-state index is 11.8. The number of carbonyl (C=O) groups is 3. The van der Waals surface area contributed by atoms with Crippen LogP contribution in [-0.4, -0.2) is 62.1 Å². The zero-order valence-electron chi connectivity index (χ0n) is 23.7. The Balaban J connectivity index is 3.47. The number of aliphatic carboxylic acids is 1. The standard InChI is InChI=1S/C27H51BNO9P/c28-20-14-12-10-8-6-4-2-1-3-5-7-9-11-13-19-27(33)36-22-16-23-37-39(34,35)38-24-21-29-25(30)17-15-18-26(31)32/h1-24H2,(H,29,30)(H,31,32)(H,34,35). The minimum Gasteiger partial charge on any atom is -0.481 e. The zero-order valence-corrected chi connectivity index (χ0v) is 24.6. The van der Waals surface area contributed by atoms with Crippen LogP contribution in [0.15, 0.2) is 0 Å². The van der Waals surface area contributed by atoms with Gasteiger partial charge in [0.2, 0.25) is 5.91 Å². The predicted octanol–water partition coefficient (Wildman–Crippen LogP) is 5.86. The van der Waals surface area contributed by atoms with Crippen LogP contribution in [-0.2, 0) is 32.7 Å². The summed E-state index contributed by atoms with van der Waals surface area (Å²) in [6.45, 7) is -0.256. The molecule has 226 valence electrons. The van der Waals surface area contributed by atoms with Crippen LogP contribution in [0.5, 0.6) is 0 Å². The Kier molecular flexibility index (Phi) is 25.8. The highest BCUT2D eigenvalue weighted by atomic mass is 31.2. The van der Waals surface area contributed by atoms with E-state index in [1.54, 1.807) is 0 Å². The highest BCUT2D eigenvalue weighted by Gasteiger charge is 2.20. The van der Waals surface area contributed by atoms with Crippen molar-refractivity contribution in [1.29, 1.82) is 0 Å². The van der Waals surface area contributed by atoms with Crippen LogP contribution in [0.3, 0.4) is 0 Å². The summed E-state index contributed by atoms with van der Waals surface area (Å²) in [5.41, 5.74) is 0. The van der Waals surface area contributed by atoms with Gasteiger partial charge in [-0.2, -0.15) is 0 Å². The molecule has 12 heteroatoms. The SMILES string of the molecule is [B]CCCCCCCCCCCCCCCCC(=O)OCCCOP(=O)(O)OCCNC(=O)CCCC(=O)O. The molecule has 1 atom stereocenters. The van der Waals surface area contributed by atoms with Crippen molar-refractivity contribution < 1.29 is 42.7 Å². The Morgan fingerprint density at radius 2 is 1.15 bits per heavy atom. The second kappa shape index (κ2) is 26.8. The second-order valence-electron chi connectivity index (χ2n) is 9.79. The lowest BCUT2D eigenvalue weighted by Gasteiger charge is -2.12. The van der Waals surface area contributed by atoms with Gasteiger partial charge in [0.25, 0.3) is 0 Å². The van der Waals surface area contributed by atoms with Crippen LogP contribution < -0.4 is 5.32 Å². The van der Waals surface area contributed by atoms with Crippen molar-refractivity contribution in [2.75, 3.05) is 26.4 Å². The van der Waals surface area contributed by atoms with Gasteiger partial charge in [0.05, 0.1) is 27.7 Å².